The Morgan fingerprint density at radius 2 is 2.07 bits per heavy atom. The number of benzene rings is 1. The highest BCUT2D eigenvalue weighted by Crippen LogP contribution is 2.24. The second-order valence-corrected chi connectivity index (χ2v) is 6.29. The normalized spacial score (nSPS) is 17.3. The minimum Gasteiger partial charge on any atom is -0.487 e. The van der Waals surface area contributed by atoms with Crippen molar-refractivity contribution in [2.24, 2.45) is 0 Å². The van der Waals surface area contributed by atoms with Crippen molar-refractivity contribution in [2.75, 3.05) is 26.7 Å². The van der Waals surface area contributed by atoms with Gasteiger partial charge in [0.15, 0.2) is 5.82 Å². The lowest BCUT2D eigenvalue weighted by molar-refractivity contribution is 0.190. The maximum absolute atomic E-state index is 5.75. The van der Waals surface area contributed by atoms with E-state index in [-0.39, 0.29) is 18.4 Å². The molecule has 1 unspecified atom stereocenters. The minimum atomic E-state index is 0. The molecule has 1 aromatic carbocycles. The van der Waals surface area contributed by atoms with E-state index in [1.165, 1.54) is 0 Å². The van der Waals surface area contributed by atoms with Gasteiger partial charge in [-0.2, -0.15) is 4.98 Å². The van der Waals surface area contributed by atoms with Crippen LogP contribution in [0.5, 0.6) is 5.75 Å². The Balaban J connectivity index is 0.00000210. The summed E-state index contributed by atoms with van der Waals surface area (Å²) in [5.41, 5.74) is 1.77. The summed E-state index contributed by atoms with van der Waals surface area (Å²) in [4.78, 5) is 11.0. The van der Waals surface area contributed by atoms with Gasteiger partial charge in [0.1, 0.15) is 12.4 Å². The molecule has 0 radical (unpaired) electrons. The van der Waals surface area contributed by atoms with Crippen molar-refractivity contribution < 1.29 is 9.26 Å². The average molecular weight is 388 g/mol. The first-order valence-electron chi connectivity index (χ1n) is 8.67. The van der Waals surface area contributed by atoms with Crippen LogP contribution < -0.4 is 10.1 Å². The van der Waals surface area contributed by atoms with Crippen LogP contribution in [0, 0.1) is 0 Å². The molecule has 0 spiro atoms. The van der Waals surface area contributed by atoms with Gasteiger partial charge >= 0.3 is 0 Å². The van der Waals surface area contributed by atoms with Crippen molar-refractivity contribution in [3.05, 3.63) is 60.2 Å². The Kier molecular flexibility index (Phi) is 6.39. The van der Waals surface area contributed by atoms with Crippen molar-refractivity contribution in [1.82, 2.24) is 25.3 Å². The Labute approximate surface area is 164 Å². The zero-order chi connectivity index (χ0) is 17.8. The van der Waals surface area contributed by atoms with Crippen LogP contribution in [-0.4, -0.2) is 46.7 Å². The molecule has 4 rings (SSSR count). The van der Waals surface area contributed by atoms with Gasteiger partial charge in [-0.25, -0.2) is 0 Å². The fraction of sp³-hybridized carbons (Fsp3) is 0.316. The van der Waals surface area contributed by atoms with Gasteiger partial charge in [-0.15, -0.1) is 12.4 Å². The number of hydrogen-bond acceptors (Lipinski definition) is 7. The van der Waals surface area contributed by atoms with Crippen molar-refractivity contribution >= 4 is 12.4 Å². The zero-order valence-electron chi connectivity index (χ0n) is 15.0. The monoisotopic (exact) mass is 387 g/mol. The van der Waals surface area contributed by atoms with Crippen LogP contribution in [0.1, 0.15) is 17.6 Å². The number of pyridine rings is 1. The Bertz CT molecular complexity index is 841. The van der Waals surface area contributed by atoms with Crippen LogP contribution in [0.4, 0.5) is 0 Å². The van der Waals surface area contributed by atoms with Crippen molar-refractivity contribution in [3.8, 4) is 17.2 Å². The number of piperazine rings is 1. The molecule has 1 fully saturated rings. The van der Waals surface area contributed by atoms with Crippen LogP contribution in [0.15, 0.2) is 53.2 Å². The average Bonchev–Trinajstić information content (AvgIpc) is 3.18. The molecule has 1 N–H and O–H groups in total. The van der Waals surface area contributed by atoms with Crippen molar-refractivity contribution in [1.29, 1.82) is 0 Å². The largest absolute Gasteiger partial charge is 0.487 e. The van der Waals surface area contributed by atoms with Crippen LogP contribution in [0.3, 0.4) is 0 Å². The highest BCUT2D eigenvalue weighted by Gasteiger charge is 2.25. The van der Waals surface area contributed by atoms with E-state index in [2.05, 4.69) is 32.4 Å². The fourth-order valence-electron chi connectivity index (χ4n) is 2.92. The SMILES string of the molecule is CN1CCNCC1c1noc(-c2ccc(OCc3ccccn3)cc2)n1.Cl. The van der Waals surface area contributed by atoms with Gasteiger partial charge in [0.25, 0.3) is 5.89 Å². The summed E-state index contributed by atoms with van der Waals surface area (Å²) >= 11 is 0. The summed E-state index contributed by atoms with van der Waals surface area (Å²) in [6.45, 7) is 3.22. The lowest BCUT2D eigenvalue weighted by atomic mass is 10.2. The second-order valence-electron chi connectivity index (χ2n) is 6.29. The van der Waals surface area contributed by atoms with E-state index in [9.17, 15) is 0 Å². The van der Waals surface area contributed by atoms with E-state index < -0.39 is 0 Å². The molecule has 0 amide bonds. The summed E-state index contributed by atoms with van der Waals surface area (Å²) in [5, 5.41) is 7.52. The Morgan fingerprint density at radius 1 is 1.22 bits per heavy atom. The van der Waals surface area contributed by atoms with Gasteiger partial charge in [-0.1, -0.05) is 11.2 Å². The molecule has 7 nitrogen and oxygen atoms in total. The predicted octanol–water partition coefficient (Wildman–Crippen LogP) is 2.71. The van der Waals surface area contributed by atoms with Gasteiger partial charge in [-0.05, 0) is 43.4 Å². The summed E-state index contributed by atoms with van der Waals surface area (Å²) in [6, 6.07) is 13.6. The molecule has 8 heteroatoms. The summed E-state index contributed by atoms with van der Waals surface area (Å²) in [7, 11) is 2.08. The lowest BCUT2D eigenvalue weighted by Crippen LogP contribution is -2.44. The van der Waals surface area contributed by atoms with E-state index in [1.54, 1.807) is 6.20 Å². The number of ether oxygens (including phenoxy) is 1. The van der Waals surface area contributed by atoms with Crippen LogP contribution in [0.25, 0.3) is 11.5 Å². The number of nitrogens with one attached hydrogen (secondary N) is 1. The number of nitrogens with zero attached hydrogens (tertiary/aromatic N) is 4. The molecule has 0 aliphatic carbocycles. The maximum Gasteiger partial charge on any atom is 0.257 e. The standard InChI is InChI=1S/C19H21N5O2.ClH/c1-24-11-10-20-12-17(24)18-22-19(26-23-18)14-5-7-16(8-6-14)25-13-15-4-2-3-9-21-15;/h2-9,17,20H,10-13H2,1H3;1H. The molecule has 3 aromatic rings. The topological polar surface area (TPSA) is 76.3 Å². The van der Waals surface area contributed by atoms with E-state index in [0.717, 1.165) is 36.6 Å². The zero-order valence-corrected chi connectivity index (χ0v) is 15.9. The van der Waals surface area contributed by atoms with Crippen LogP contribution in [-0.2, 0) is 6.61 Å². The van der Waals surface area contributed by atoms with Crippen LogP contribution >= 0.6 is 12.4 Å². The predicted molar refractivity (Wildman–Crippen MR) is 104 cm³/mol. The fourth-order valence-corrected chi connectivity index (χ4v) is 2.92. The van der Waals surface area contributed by atoms with Crippen molar-refractivity contribution in [3.63, 3.8) is 0 Å². The minimum absolute atomic E-state index is 0. The maximum atomic E-state index is 5.75. The van der Waals surface area contributed by atoms with E-state index in [0.29, 0.717) is 18.3 Å². The molecule has 3 heterocycles. The van der Waals surface area contributed by atoms with Gasteiger partial charge in [-0.3, -0.25) is 9.88 Å². The summed E-state index contributed by atoms with van der Waals surface area (Å²) < 4.78 is 11.2. The van der Waals surface area contributed by atoms with Gasteiger partial charge < -0.3 is 14.6 Å². The highest BCUT2D eigenvalue weighted by atomic mass is 35.5. The molecule has 1 aliphatic heterocycles. The highest BCUT2D eigenvalue weighted by molar-refractivity contribution is 5.85. The van der Waals surface area contributed by atoms with Crippen LogP contribution in [0.2, 0.25) is 0 Å². The molecule has 0 bridgehead atoms. The van der Waals surface area contributed by atoms with Crippen molar-refractivity contribution in [2.45, 2.75) is 12.6 Å². The van der Waals surface area contributed by atoms with E-state index in [1.807, 2.05) is 42.5 Å². The summed E-state index contributed by atoms with van der Waals surface area (Å²) in [6.07, 6.45) is 1.76. The molecule has 1 aliphatic rings. The molecule has 2 aromatic heterocycles. The molecule has 0 saturated carbocycles. The molecule has 1 atom stereocenters. The molecule has 27 heavy (non-hydrogen) atoms. The number of aromatic nitrogens is 3. The number of rotatable bonds is 5. The first-order valence-corrected chi connectivity index (χ1v) is 8.67. The second kappa shape index (κ2) is 8.94. The molecule has 142 valence electrons. The van der Waals surface area contributed by atoms with Gasteiger partial charge in [0.05, 0.1) is 11.7 Å². The van der Waals surface area contributed by atoms with Gasteiger partial charge in [0.2, 0.25) is 0 Å². The Morgan fingerprint density at radius 3 is 2.81 bits per heavy atom. The van der Waals surface area contributed by atoms with E-state index >= 15 is 0 Å². The lowest BCUT2D eigenvalue weighted by Gasteiger charge is -2.30. The molecule has 1 saturated heterocycles. The quantitative estimate of drug-likeness (QED) is 0.721. The third kappa shape index (κ3) is 4.63. The first kappa shape index (κ1) is 19.3. The van der Waals surface area contributed by atoms with Gasteiger partial charge in [0, 0.05) is 31.4 Å². The number of hydrogen-bond donors (Lipinski definition) is 1. The first-order chi connectivity index (χ1) is 12.8. The molecular formula is C19H22ClN5O2. The smallest absolute Gasteiger partial charge is 0.257 e. The number of halogens is 1. The molecular weight excluding hydrogens is 366 g/mol. The third-order valence-corrected chi connectivity index (χ3v) is 4.46. The third-order valence-electron chi connectivity index (χ3n) is 4.46. The Hall–Kier alpha value is -2.48. The summed E-state index contributed by atoms with van der Waals surface area (Å²) in [5.74, 6) is 2.01. The van der Waals surface area contributed by atoms with E-state index in [4.69, 9.17) is 9.26 Å². The number of likely N-dealkylation sites (N-methyl/N-ethyl adjacent to an activating group) is 1.